The van der Waals surface area contributed by atoms with Crippen LogP contribution in [0.3, 0.4) is 0 Å². The number of nitrogens with two attached hydrogens (primary N) is 1. The summed E-state index contributed by atoms with van der Waals surface area (Å²) in [5.74, 6) is -1.27. The topological polar surface area (TPSA) is 52.3 Å². The Morgan fingerprint density at radius 1 is 1.42 bits per heavy atom. The third-order valence-electron chi connectivity index (χ3n) is 2.63. The molecule has 7 heteroatoms. The summed E-state index contributed by atoms with van der Waals surface area (Å²) in [6.07, 6.45) is -6.07. The van der Waals surface area contributed by atoms with Gasteiger partial charge in [0.05, 0.1) is 10.6 Å². The molecule has 1 aromatic carbocycles. The van der Waals surface area contributed by atoms with Gasteiger partial charge in [0.15, 0.2) is 0 Å². The van der Waals surface area contributed by atoms with Crippen LogP contribution in [0.5, 0.6) is 5.75 Å². The van der Waals surface area contributed by atoms with Gasteiger partial charge in [-0.15, -0.1) is 0 Å². The zero-order valence-corrected chi connectivity index (χ0v) is 10.5. The van der Waals surface area contributed by atoms with E-state index >= 15 is 0 Å². The summed E-state index contributed by atoms with van der Waals surface area (Å²) in [6, 6.07) is 3.05. The number of aryl methyl sites for hydroxylation is 1. The SMILES string of the molecule is Cc1cc(Cl)c2c(c1)C=C(C(N)=O)[C@@H](C(F)(F)F)O2. The van der Waals surface area contributed by atoms with Gasteiger partial charge in [-0.1, -0.05) is 11.6 Å². The van der Waals surface area contributed by atoms with Crippen LogP contribution in [-0.4, -0.2) is 18.2 Å². The van der Waals surface area contributed by atoms with Crippen LogP contribution in [0.2, 0.25) is 5.02 Å². The standard InChI is InChI=1S/C12H9ClF3NO2/c1-5-2-6-4-7(11(17)18)10(12(14,15)16)19-9(6)8(13)3-5/h2-4,10H,1H3,(H2,17,18)/t10-/m0/s1. The molecule has 0 spiro atoms. The minimum absolute atomic E-state index is 0.0593. The molecule has 3 nitrogen and oxygen atoms in total. The Hall–Kier alpha value is -1.69. The second-order valence-electron chi connectivity index (χ2n) is 4.17. The molecule has 2 N–H and O–H groups in total. The van der Waals surface area contributed by atoms with Crippen molar-refractivity contribution in [3.8, 4) is 5.75 Å². The predicted octanol–water partition coefficient (Wildman–Crippen LogP) is 2.84. The van der Waals surface area contributed by atoms with E-state index in [2.05, 4.69) is 0 Å². The van der Waals surface area contributed by atoms with Crippen molar-refractivity contribution in [1.82, 2.24) is 0 Å². The second kappa shape index (κ2) is 4.45. The minimum atomic E-state index is -4.74. The highest BCUT2D eigenvalue weighted by molar-refractivity contribution is 6.32. The summed E-state index contributed by atoms with van der Waals surface area (Å²) < 4.78 is 43.4. The number of rotatable bonds is 1. The Labute approximate surface area is 111 Å². The quantitative estimate of drug-likeness (QED) is 0.865. The predicted molar refractivity (Wildman–Crippen MR) is 63.8 cm³/mol. The first-order valence-electron chi connectivity index (χ1n) is 5.25. The molecule has 0 saturated heterocycles. The van der Waals surface area contributed by atoms with Crippen LogP contribution in [0.15, 0.2) is 17.7 Å². The van der Waals surface area contributed by atoms with E-state index in [-0.39, 0.29) is 10.8 Å². The maximum Gasteiger partial charge on any atom is 0.429 e. The molecule has 0 radical (unpaired) electrons. The highest BCUT2D eigenvalue weighted by Crippen LogP contribution is 2.41. The van der Waals surface area contributed by atoms with E-state index in [1.165, 1.54) is 6.07 Å². The number of amides is 1. The molecule has 0 aliphatic carbocycles. The fraction of sp³-hybridized carbons (Fsp3) is 0.250. The van der Waals surface area contributed by atoms with E-state index in [9.17, 15) is 18.0 Å². The normalized spacial score (nSPS) is 18.4. The number of fused-ring (bicyclic) bond motifs is 1. The fourth-order valence-electron chi connectivity index (χ4n) is 1.86. The van der Waals surface area contributed by atoms with Gasteiger partial charge in [-0.3, -0.25) is 4.79 Å². The van der Waals surface area contributed by atoms with Gasteiger partial charge in [-0.2, -0.15) is 13.2 Å². The second-order valence-corrected chi connectivity index (χ2v) is 4.58. The number of ether oxygens (including phenoxy) is 1. The Morgan fingerprint density at radius 2 is 2.05 bits per heavy atom. The van der Waals surface area contributed by atoms with Gasteiger partial charge in [0.25, 0.3) is 0 Å². The first-order chi connectivity index (χ1) is 8.70. The lowest BCUT2D eigenvalue weighted by Crippen LogP contribution is -2.42. The zero-order chi connectivity index (χ0) is 14.4. The van der Waals surface area contributed by atoms with Crippen molar-refractivity contribution in [2.45, 2.75) is 19.2 Å². The molecule has 0 fully saturated rings. The third-order valence-corrected chi connectivity index (χ3v) is 2.91. The molecule has 0 unspecified atom stereocenters. The molecular formula is C12H9ClF3NO2. The van der Waals surface area contributed by atoms with E-state index in [4.69, 9.17) is 22.1 Å². The summed E-state index contributed by atoms with van der Waals surface area (Å²) in [6.45, 7) is 1.72. The van der Waals surface area contributed by atoms with Crippen molar-refractivity contribution in [3.05, 3.63) is 33.9 Å². The van der Waals surface area contributed by atoms with Gasteiger partial charge in [-0.25, -0.2) is 0 Å². The van der Waals surface area contributed by atoms with E-state index in [0.717, 1.165) is 11.6 Å². The van der Waals surface area contributed by atoms with Crippen molar-refractivity contribution in [2.24, 2.45) is 5.73 Å². The summed E-state index contributed by atoms with van der Waals surface area (Å²) in [7, 11) is 0. The van der Waals surface area contributed by atoms with E-state index in [0.29, 0.717) is 5.56 Å². The molecule has 1 aromatic rings. The van der Waals surface area contributed by atoms with Crippen molar-refractivity contribution in [3.63, 3.8) is 0 Å². The first-order valence-corrected chi connectivity index (χ1v) is 5.63. The highest BCUT2D eigenvalue weighted by atomic mass is 35.5. The van der Waals surface area contributed by atoms with Crippen LogP contribution in [0, 0.1) is 6.92 Å². The lowest BCUT2D eigenvalue weighted by atomic mass is 9.99. The van der Waals surface area contributed by atoms with Crippen molar-refractivity contribution in [1.29, 1.82) is 0 Å². The number of benzene rings is 1. The monoisotopic (exact) mass is 291 g/mol. The Balaban J connectivity index is 2.61. The third kappa shape index (κ3) is 2.53. The van der Waals surface area contributed by atoms with Gasteiger partial charge in [0, 0.05) is 5.56 Å². The smallest absolute Gasteiger partial charge is 0.429 e. The van der Waals surface area contributed by atoms with Gasteiger partial charge >= 0.3 is 6.18 Å². The number of hydrogen-bond donors (Lipinski definition) is 1. The molecule has 1 amide bonds. The Morgan fingerprint density at radius 3 is 2.58 bits per heavy atom. The summed E-state index contributed by atoms with van der Waals surface area (Å²) in [5.41, 5.74) is 5.37. The number of hydrogen-bond acceptors (Lipinski definition) is 2. The molecule has 1 heterocycles. The lowest BCUT2D eigenvalue weighted by molar-refractivity contribution is -0.185. The molecule has 1 aliphatic heterocycles. The van der Waals surface area contributed by atoms with E-state index in [1.54, 1.807) is 13.0 Å². The Kier molecular flexibility index (Phi) is 3.22. The number of carbonyl (C=O) groups is 1. The van der Waals surface area contributed by atoms with Crippen molar-refractivity contribution < 1.29 is 22.7 Å². The molecule has 0 aromatic heterocycles. The number of carbonyl (C=O) groups excluding carboxylic acids is 1. The Bertz CT molecular complexity index is 581. The van der Waals surface area contributed by atoms with Crippen LogP contribution >= 0.6 is 11.6 Å². The van der Waals surface area contributed by atoms with Gasteiger partial charge in [0.2, 0.25) is 12.0 Å². The maximum atomic E-state index is 12.8. The fourth-order valence-corrected chi connectivity index (χ4v) is 2.18. The van der Waals surface area contributed by atoms with Crippen molar-refractivity contribution in [2.75, 3.05) is 0 Å². The minimum Gasteiger partial charge on any atom is -0.474 e. The molecular weight excluding hydrogens is 283 g/mol. The molecule has 1 atom stereocenters. The largest absolute Gasteiger partial charge is 0.474 e. The lowest BCUT2D eigenvalue weighted by Gasteiger charge is -2.28. The van der Waals surface area contributed by atoms with Crippen LogP contribution in [-0.2, 0) is 4.79 Å². The average Bonchev–Trinajstić information content (AvgIpc) is 2.25. The molecule has 102 valence electrons. The molecule has 0 saturated carbocycles. The summed E-state index contributed by atoms with van der Waals surface area (Å²) in [4.78, 5) is 11.1. The van der Waals surface area contributed by atoms with E-state index in [1.807, 2.05) is 0 Å². The maximum absolute atomic E-state index is 12.8. The highest BCUT2D eigenvalue weighted by Gasteiger charge is 2.48. The number of halogens is 4. The van der Waals surface area contributed by atoms with Gasteiger partial charge < -0.3 is 10.5 Å². The number of primary amides is 1. The van der Waals surface area contributed by atoms with Crippen LogP contribution in [0.25, 0.3) is 6.08 Å². The summed E-state index contributed by atoms with van der Waals surface area (Å²) >= 11 is 5.85. The van der Waals surface area contributed by atoms with Crippen molar-refractivity contribution >= 4 is 23.6 Å². The van der Waals surface area contributed by atoms with Crippen LogP contribution in [0.1, 0.15) is 11.1 Å². The van der Waals surface area contributed by atoms with Gasteiger partial charge in [0.1, 0.15) is 5.75 Å². The van der Waals surface area contributed by atoms with Crippen LogP contribution < -0.4 is 10.5 Å². The first kappa shape index (κ1) is 13.7. The van der Waals surface area contributed by atoms with Gasteiger partial charge in [-0.05, 0) is 30.7 Å². The molecule has 1 aliphatic rings. The molecule has 2 rings (SSSR count). The molecule has 19 heavy (non-hydrogen) atoms. The average molecular weight is 292 g/mol. The molecule has 0 bridgehead atoms. The van der Waals surface area contributed by atoms with Crippen LogP contribution in [0.4, 0.5) is 13.2 Å². The summed E-state index contributed by atoms with van der Waals surface area (Å²) in [5, 5.41) is 0.0593. The van der Waals surface area contributed by atoms with E-state index < -0.39 is 23.8 Å². The zero-order valence-electron chi connectivity index (χ0n) is 9.72. The number of alkyl halides is 3.